The number of nitrogens with one attached hydrogen (secondary N) is 1. The highest BCUT2D eigenvalue weighted by Gasteiger charge is 2.16. The molecule has 0 heterocycles. The maximum Gasteiger partial charge on any atom is 0.255 e. The normalized spacial score (nSPS) is 10.4. The van der Waals surface area contributed by atoms with Gasteiger partial charge in [-0.1, -0.05) is 42.5 Å². The first-order chi connectivity index (χ1) is 17.1. The Morgan fingerprint density at radius 2 is 1.46 bits per heavy atom. The smallest absolute Gasteiger partial charge is 0.255 e. The molecule has 0 aromatic heterocycles. The zero-order chi connectivity index (χ0) is 24.6. The summed E-state index contributed by atoms with van der Waals surface area (Å²) < 4.78 is 23.3. The number of ether oxygens (including phenoxy) is 4. The Kier molecular flexibility index (Phi) is 7.90. The Hall–Kier alpha value is -3.97. The van der Waals surface area contributed by atoms with Crippen molar-refractivity contribution >= 4 is 27.5 Å². The lowest BCUT2D eigenvalue weighted by Crippen LogP contribution is -2.12. The summed E-state index contributed by atoms with van der Waals surface area (Å²) in [4.78, 5) is 12.9. The first-order valence-corrected chi connectivity index (χ1v) is 11.6. The van der Waals surface area contributed by atoms with Gasteiger partial charge in [-0.25, -0.2) is 0 Å². The molecule has 0 saturated heterocycles. The van der Waals surface area contributed by atoms with Crippen LogP contribution in [0.4, 0.5) is 5.69 Å². The largest absolute Gasteiger partial charge is 0.493 e. The molecule has 0 aliphatic heterocycles. The highest BCUT2D eigenvalue weighted by atomic mass is 79.9. The van der Waals surface area contributed by atoms with Gasteiger partial charge in [0.15, 0.2) is 23.0 Å². The van der Waals surface area contributed by atoms with Crippen LogP contribution >= 0.6 is 15.9 Å². The molecule has 0 spiro atoms. The summed E-state index contributed by atoms with van der Waals surface area (Å²) in [5.74, 6) is 2.58. The number of hydrogen-bond acceptors (Lipinski definition) is 5. The predicted octanol–water partition coefficient (Wildman–Crippen LogP) is 7.09. The lowest BCUT2D eigenvalue weighted by atomic mass is 10.1. The molecular formula is C28H24BrNO5. The van der Waals surface area contributed by atoms with Crippen LogP contribution in [0, 0.1) is 0 Å². The first-order valence-electron chi connectivity index (χ1n) is 10.8. The lowest BCUT2D eigenvalue weighted by molar-refractivity contribution is 0.102. The van der Waals surface area contributed by atoms with E-state index in [1.54, 1.807) is 50.6 Å². The standard InChI is InChI=1S/C28H24BrNO5/c1-32-24-10-6-7-11-25(24)35-22-14-12-21(13-15-22)30-28(31)20-16-23(29)27(26(17-20)33-2)34-18-19-8-4-3-5-9-19/h3-17H,18H2,1-2H3,(H,30,31). The van der Waals surface area contributed by atoms with Crippen LogP contribution in [0.1, 0.15) is 15.9 Å². The van der Waals surface area contributed by atoms with E-state index in [0.717, 1.165) is 5.56 Å². The van der Waals surface area contributed by atoms with Gasteiger partial charge >= 0.3 is 0 Å². The van der Waals surface area contributed by atoms with Gasteiger partial charge in [-0.05, 0) is 70.0 Å². The molecule has 0 aliphatic rings. The third kappa shape index (κ3) is 6.13. The summed E-state index contributed by atoms with van der Waals surface area (Å²) in [7, 11) is 3.13. The molecular weight excluding hydrogens is 510 g/mol. The topological polar surface area (TPSA) is 66.0 Å². The summed E-state index contributed by atoms with van der Waals surface area (Å²) >= 11 is 3.51. The van der Waals surface area contributed by atoms with E-state index >= 15 is 0 Å². The second-order valence-corrected chi connectivity index (χ2v) is 8.35. The highest BCUT2D eigenvalue weighted by Crippen LogP contribution is 2.37. The fourth-order valence-corrected chi connectivity index (χ4v) is 3.92. The summed E-state index contributed by atoms with van der Waals surface area (Å²) in [5.41, 5.74) is 2.08. The van der Waals surface area contributed by atoms with Crippen LogP contribution in [-0.4, -0.2) is 20.1 Å². The SMILES string of the molecule is COc1ccccc1Oc1ccc(NC(=O)c2cc(Br)c(OCc3ccccc3)c(OC)c2)cc1. The van der Waals surface area contributed by atoms with Crippen molar-refractivity contribution < 1.29 is 23.7 Å². The van der Waals surface area contributed by atoms with E-state index < -0.39 is 0 Å². The van der Waals surface area contributed by atoms with Gasteiger partial charge in [-0.2, -0.15) is 0 Å². The molecule has 0 saturated carbocycles. The van der Waals surface area contributed by atoms with Crippen LogP contribution in [0.2, 0.25) is 0 Å². The van der Waals surface area contributed by atoms with Crippen molar-refractivity contribution in [2.45, 2.75) is 6.61 Å². The van der Waals surface area contributed by atoms with Crippen molar-refractivity contribution in [2.75, 3.05) is 19.5 Å². The van der Waals surface area contributed by atoms with Gasteiger partial charge in [-0.15, -0.1) is 0 Å². The van der Waals surface area contributed by atoms with Gasteiger partial charge < -0.3 is 24.3 Å². The van der Waals surface area contributed by atoms with Gasteiger partial charge in [0.1, 0.15) is 12.4 Å². The minimum Gasteiger partial charge on any atom is -0.493 e. The van der Waals surface area contributed by atoms with Crippen LogP contribution < -0.4 is 24.3 Å². The van der Waals surface area contributed by atoms with E-state index in [0.29, 0.717) is 51.1 Å². The molecule has 0 radical (unpaired) electrons. The summed E-state index contributed by atoms with van der Waals surface area (Å²) in [6.07, 6.45) is 0. The van der Waals surface area contributed by atoms with E-state index in [1.807, 2.05) is 54.6 Å². The first kappa shape index (κ1) is 24.2. The maximum atomic E-state index is 12.9. The van der Waals surface area contributed by atoms with Crippen molar-refractivity contribution in [3.05, 3.63) is 107 Å². The van der Waals surface area contributed by atoms with Gasteiger partial charge in [0.25, 0.3) is 5.91 Å². The van der Waals surface area contributed by atoms with Crippen LogP contribution in [-0.2, 0) is 6.61 Å². The Morgan fingerprint density at radius 1 is 0.800 bits per heavy atom. The molecule has 4 aromatic rings. The molecule has 4 rings (SSSR count). The van der Waals surface area contributed by atoms with Gasteiger partial charge in [0, 0.05) is 11.3 Å². The third-order valence-corrected chi connectivity index (χ3v) is 5.72. The van der Waals surface area contributed by atoms with Crippen molar-refractivity contribution in [3.8, 4) is 28.7 Å². The minimum atomic E-state index is -0.281. The lowest BCUT2D eigenvalue weighted by Gasteiger charge is -2.15. The third-order valence-electron chi connectivity index (χ3n) is 5.13. The quantitative estimate of drug-likeness (QED) is 0.248. The van der Waals surface area contributed by atoms with E-state index in [2.05, 4.69) is 21.2 Å². The van der Waals surface area contributed by atoms with Crippen LogP contribution in [0.5, 0.6) is 28.7 Å². The molecule has 7 heteroatoms. The van der Waals surface area contributed by atoms with Crippen LogP contribution in [0.25, 0.3) is 0 Å². The maximum absolute atomic E-state index is 12.9. The monoisotopic (exact) mass is 533 g/mol. The zero-order valence-electron chi connectivity index (χ0n) is 19.3. The number of amides is 1. The summed E-state index contributed by atoms with van der Waals surface area (Å²) in [6.45, 7) is 0.380. The van der Waals surface area contributed by atoms with Crippen LogP contribution in [0.15, 0.2) is 95.5 Å². The Bertz CT molecular complexity index is 1290. The molecule has 0 unspecified atom stereocenters. The summed E-state index contributed by atoms with van der Waals surface area (Å²) in [5, 5.41) is 2.89. The minimum absolute atomic E-state index is 0.281. The van der Waals surface area contributed by atoms with Crippen molar-refractivity contribution in [3.63, 3.8) is 0 Å². The second-order valence-electron chi connectivity index (χ2n) is 7.50. The fraction of sp³-hybridized carbons (Fsp3) is 0.107. The Balaban J connectivity index is 1.44. The van der Waals surface area contributed by atoms with Gasteiger partial charge in [0.05, 0.1) is 18.7 Å². The number of para-hydroxylation sites is 2. The molecule has 0 fully saturated rings. The molecule has 4 aromatic carbocycles. The molecule has 1 amide bonds. The van der Waals surface area contributed by atoms with Crippen molar-refractivity contribution in [2.24, 2.45) is 0 Å². The number of anilines is 1. The number of benzene rings is 4. The Labute approximate surface area is 212 Å². The fourth-order valence-electron chi connectivity index (χ4n) is 3.36. The second kappa shape index (κ2) is 11.4. The van der Waals surface area contributed by atoms with Gasteiger partial charge in [-0.3, -0.25) is 4.79 Å². The molecule has 1 N–H and O–H groups in total. The molecule has 35 heavy (non-hydrogen) atoms. The number of methoxy groups -OCH3 is 2. The number of hydrogen-bond donors (Lipinski definition) is 1. The zero-order valence-corrected chi connectivity index (χ0v) is 20.9. The average Bonchev–Trinajstić information content (AvgIpc) is 2.89. The molecule has 178 valence electrons. The van der Waals surface area contributed by atoms with E-state index in [-0.39, 0.29) is 5.91 Å². The van der Waals surface area contributed by atoms with Crippen molar-refractivity contribution in [1.82, 2.24) is 0 Å². The highest BCUT2D eigenvalue weighted by molar-refractivity contribution is 9.10. The Morgan fingerprint density at radius 3 is 2.14 bits per heavy atom. The molecule has 6 nitrogen and oxygen atoms in total. The van der Waals surface area contributed by atoms with Crippen LogP contribution in [0.3, 0.4) is 0 Å². The molecule has 0 aliphatic carbocycles. The van der Waals surface area contributed by atoms with Crippen molar-refractivity contribution in [1.29, 1.82) is 0 Å². The molecule has 0 bridgehead atoms. The average molecular weight is 534 g/mol. The summed E-state index contributed by atoms with van der Waals surface area (Å²) in [6, 6.07) is 27.7. The number of halogens is 1. The van der Waals surface area contributed by atoms with E-state index in [4.69, 9.17) is 18.9 Å². The number of carbonyl (C=O) groups excluding carboxylic acids is 1. The van der Waals surface area contributed by atoms with Gasteiger partial charge in [0.2, 0.25) is 0 Å². The number of carbonyl (C=O) groups is 1. The number of rotatable bonds is 9. The van der Waals surface area contributed by atoms with E-state index in [1.165, 1.54) is 0 Å². The van der Waals surface area contributed by atoms with E-state index in [9.17, 15) is 4.79 Å². The molecule has 0 atom stereocenters. The predicted molar refractivity (Wildman–Crippen MR) is 139 cm³/mol.